The zero-order chi connectivity index (χ0) is 22.2. The Morgan fingerprint density at radius 1 is 0.935 bits per heavy atom. The predicted molar refractivity (Wildman–Crippen MR) is 112 cm³/mol. The van der Waals surface area contributed by atoms with Crippen LogP contribution in [-0.2, 0) is 31.9 Å². The molecule has 0 heterocycles. The van der Waals surface area contributed by atoms with Crippen LogP contribution in [0.3, 0.4) is 0 Å². The number of fused-ring (bicyclic) bond motifs is 3. The Hall–Kier alpha value is -2.17. The number of hydrogen-bond acceptors (Lipinski definition) is 0. The van der Waals surface area contributed by atoms with Crippen molar-refractivity contribution in [3.63, 3.8) is 0 Å². The second-order valence-corrected chi connectivity index (χ2v) is 8.89. The van der Waals surface area contributed by atoms with Crippen molar-refractivity contribution in [3.8, 4) is 0 Å². The van der Waals surface area contributed by atoms with Gasteiger partial charge in [0.15, 0.2) is 0 Å². The molecule has 0 nitrogen and oxygen atoms in total. The molecule has 2 aliphatic rings. The molecule has 2 unspecified atom stereocenters. The topological polar surface area (TPSA) is 0 Å². The fourth-order valence-corrected chi connectivity index (χ4v) is 5.37. The molecular weight excluding hydrogens is 407 g/mol. The van der Waals surface area contributed by atoms with E-state index in [0.29, 0.717) is 24.3 Å². The lowest BCUT2D eigenvalue weighted by Crippen LogP contribution is -2.21. The maximum atomic E-state index is 14.1. The minimum atomic E-state index is -5.03. The third kappa shape index (κ3) is 4.56. The van der Waals surface area contributed by atoms with Gasteiger partial charge in [0.25, 0.3) is 0 Å². The van der Waals surface area contributed by atoms with Crippen molar-refractivity contribution in [2.45, 2.75) is 70.4 Å². The van der Waals surface area contributed by atoms with Gasteiger partial charge in [0, 0.05) is 0 Å². The number of benzene rings is 2. The monoisotopic (exact) mass is 434 g/mol. The smallest absolute Gasteiger partial charge is 0.206 e. The summed E-state index contributed by atoms with van der Waals surface area (Å²) in [4.78, 5) is 0. The maximum Gasteiger partial charge on any atom is 0.422 e. The molecule has 0 spiro atoms. The van der Waals surface area contributed by atoms with Crippen LogP contribution in [0, 0.1) is 17.6 Å². The van der Waals surface area contributed by atoms with Crippen molar-refractivity contribution < 1.29 is 22.0 Å². The van der Waals surface area contributed by atoms with Gasteiger partial charge < -0.3 is 0 Å². The number of hydrogen-bond donors (Lipinski definition) is 0. The van der Waals surface area contributed by atoms with E-state index in [4.69, 9.17) is 0 Å². The van der Waals surface area contributed by atoms with E-state index in [-0.39, 0.29) is 5.92 Å². The van der Waals surface area contributed by atoms with Crippen LogP contribution in [-0.4, -0.2) is 0 Å². The van der Waals surface area contributed by atoms with Gasteiger partial charge in [-0.05, 0) is 110 Å². The van der Waals surface area contributed by atoms with Gasteiger partial charge in [-0.25, -0.2) is 8.78 Å². The molecule has 0 fully saturated rings. The van der Waals surface area contributed by atoms with Crippen LogP contribution in [0.2, 0.25) is 0 Å². The minimum Gasteiger partial charge on any atom is -0.206 e. The third-order valence-electron chi connectivity index (χ3n) is 6.94. The normalized spacial score (nSPS) is 21.2. The van der Waals surface area contributed by atoms with Crippen molar-refractivity contribution in [1.82, 2.24) is 0 Å². The summed E-state index contributed by atoms with van der Waals surface area (Å²) < 4.78 is 66.7. The van der Waals surface area contributed by atoms with E-state index < -0.39 is 23.4 Å². The third-order valence-corrected chi connectivity index (χ3v) is 6.94. The molecule has 2 aromatic rings. The highest BCUT2D eigenvalue weighted by Gasteiger charge is 2.38. The molecule has 0 aliphatic heterocycles. The number of alkyl halides is 3. The molecule has 0 aromatic heterocycles. The maximum absolute atomic E-state index is 14.1. The van der Waals surface area contributed by atoms with Crippen molar-refractivity contribution >= 4 is 0 Å². The molecule has 166 valence electrons. The highest BCUT2D eigenvalue weighted by atomic mass is 19.4. The van der Waals surface area contributed by atoms with Gasteiger partial charge in [-0.1, -0.05) is 24.3 Å². The average Bonchev–Trinajstić information content (AvgIpc) is 2.71. The molecule has 0 saturated carbocycles. The van der Waals surface area contributed by atoms with Crippen molar-refractivity contribution in [2.75, 3.05) is 0 Å². The van der Waals surface area contributed by atoms with Gasteiger partial charge in [0.1, 0.15) is 17.2 Å². The van der Waals surface area contributed by atoms with E-state index in [1.165, 1.54) is 35.1 Å². The Bertz CT molecular complexity index is 963. The van der Waals surface area contributed by atoms with Crippen LogP contribution in [0.1, 0.15) is 71.9 Å². The standard InChI is InChI=1S/C26H27F5/c1-2-3-4-5-16-6-10-21-18(12-16)7-8-19-13-17(9-11-22(19)21)20-14-23(27)25(24(28)15-20)26(29,30)31/h2-3,7-8,14-17H,4-6,9-13H2,1H3. The number of halogens is 5. The van der Waals surface area contributed by atoms with E-state index in [0.717, 1.165) is 37.8 Å². The van der Waals surface area contributed by atoms with Gasteiger partial charge in [-0.3, -0.25) is 0 Å². The van der Waals surface area contributed by atoms with Crippen molar-refractivity contribution in [2.24, 2.45) is 5.92 Å². The molecule has 4 rings (SSSR count). The summed E-state index contributed by atoms with van der Waals surface area (Å²) in [5.74, 6) is -2.52. The van der Waals surface area contributed by atoms with E-state index in [1.807, 2.05) is 6.92 Å². The Labute approximate surface area is 180 Å². The van der Waals surface area contributed by atoms with E-state index >= 15 is 0 Å². The largest absolute Gasteiger partial charge is 0.422 e. The second-order valence-electron chi connectivity index (χ2n) is 8.89. The summed E-state index contributed by atoms with van der Waals surface area (Å²) in [6.45, 7) is 2.04. The molecule has 0 saturated heterocycles. The van der Waals surface area contributed by atoms with Crippen LogP contribution >= 0.6 is 0 Å². The summed E-state index contributed by atoms with van der Waals surface area (Å²) in [6, 6.07) is 6.04. The number of rotatable bonds is 4. The van der Waals surface area contributed by atoms with Crippen LogP contribution in [0.4, 0.5) is 22.0 Å². The van der Waals surface area contributed by atoms with Gasteiger partial charge in [-0.15, -0.1) is 0 Å². The summed E-state index contributed by atoms with van der Waals surface area (Å²) in [5, 5.41) is 0. The van der Waals surface area contributed by atoms with Crippen LogP contribution in [0.15, 0.2) is 36.4 Å². The fourth-order valence-electron chi connectivity index (χ4n) is 5.37. The molecule has 31 heavy (non-hydrogen) atoms. The van der Waals surface area contributed by atoms with Crippen molar-refractivity contribution in [3.05, 3.63) is 81.4 Å². The molecule has 0 N–H and O–H groups in total. The molecule has 0 radical (unpaired) electrons. The first-order valence-corrected chi connectivity index (χ1v) is 11.1. The second kappa shape index (κ2) is 8.76. The highest BCUT2D eigenvalue weighted by molar-refractivity contribution is 5.46. The zero-order valence-electron chi connectivity index (χ0n) is 17.7. The summed E-state index contributed by atoms with van der Waals surface area (Å²) in [7, 11) is 0. The molecule has 2 aliphatic carbocycles. The Morgan fingerprint density at radius 2 is 1.55 bits per heavy atom. The Kier molecular flexibility index (Phi) is 6.23. The van der Waals surface area contributed by atoms with Crippen molar-refractivity contribution in [1.29, 1.82) is 0 Å². The summed E-state index contributed by atoms with van der Waals surface area (Å²) >= 11 is 0. The molecule has 5 heteroatoms. The minimum absolute atomic E-state index is 0.172. The Morgan fingerprint density at radius 3 is 2.16 bits per heavy atom. The van der Waals surface area contributed by atoms with Gasteiger partial charge in [-0.2, -0.15) is 13.2 Å². The lowest BCUT2D eigenvalue weighted by atomic mass is 9.73. The van der Waals surface area contributed by atoms with Crippen LogP contribution in [0.25, 0.3) is 0 Å². The first-order chi connectivity index (χ1) is 14.8. The van der Waals surface area contributed by atoms with Gasteiger partial charge >= 0.3 is 6.18 Å². The quantitative estimate of drug-likeness (QED) is 0.341. The average molecular weight is 434 g/mol. The Balaban J connectivity index is 1.53. The summed E-state index contributed by atoms with van der Waals surface area (Å²) in [6.07, 6.45) is 7.04. The first-order valence-electron chi connectivity index (χ1n) is 11.1. The van der Waals surface area contributed by atoms with E-state index in [9.17, 15) is 22.0 Å². The molecule has 2 aromatic carbocycles. The van der Waals surface area contributed by atoms with Crippen LogP contribution in [0.5, 0.6) is 0 Å². The fraction of sp³-hybridized carbons (Fsp3) is 0.462. The number of allylic oxidation sites excluding steroid dienone is 2. The highest BCUT2D eigenvalue weighted by Crippen LogP contribution is 2.41. The zero-order valence-corrected chi connectivity index (χ0v) is 17.7. The first kappa shape index (κ1) is 22.0. The van der Waals surface area contributed by atoms with Gasteiger partial charge in [0.2, 0.25) is 0 Å². The van der Waals surface area contributed by atoms with E-state index in [1.54, 1.807) is 0 Å². The lowest BCUT2D eigenvalue weighted by Gasteiger charge is -2.32. The SMILES string of the molecule is CC=CCCC1CCc2c(ccc3c2CCC(c2cc(F)c(C(F)(F)F)c(F)c2)C3)C1. The van der Waals surface area contributed by atoms with E-state index in [2.05, 4.69) is 24.3 Å². The van der Waals surface area contributed by atoms with Gasteiger partial charge in [0.05, 0.1) is 0 Å². The summed E-state index contributed by atoms with van der Waals surface area (Å²) in [5.41, 5.74) is 3.89. The molecule has 0 bridgehead atoms. The molecule has 0 amide bonds. The molecular formula is C26H27F5. The predicted octanol–water partition coefficient (Wildman–Crippen LogP) is 7.72. The van der Waals surface area contributed by atoms with Crippen LogP contribution < -0.4 is 0 Å². The molecule has 2 atom stereocenters. The lowest BCUT2D eigenvalue weighted by molar-refractivity contribution is -0.142.